The van der Waals surface area contributed by atoms with Crippen LogP contribution in [0.2, 0.25) is 0 Å². The van der Waals surface area contributed by atoms with Crippen molar-refractivity contribution < 1.29 is 37.7 Å². The molecule has 0 bridgehead atoms. The molecule has 9 nitrogen and oxygen atoms in total. The van der Waals surface area contributed by atoms with E-state index in [0.717, 1.165) is 73.5 Å². The number of aliphatic carboxylic acids is 1. The predicted molar refractivity (Wildman–Crippen MR) is 137 cm³/mol. The molecule has 0 fully saturated rings. The number of alkyl halides is 3. The second kappa shape index (κ2) is 13.7. The van der Waals surface area contributed by atoms with Crippen LogP contribution < -0.4 is 10.1 Å². The van der Waals surface area contributed by atoms with Gasteiger partial charge < -0.3 is 20.3 Å². The number of fused-ring (bicyclic) bond motifs is 3. The van der Waals surface area contributed by atoms with Crippen LogP contribution in [-0.4, -0.2) is 56.2 Å². The SMILES string of the molecule is CCCCOc1ccc(CNCCCn2nc3c(c2C(=O)O)CCc2cnccc2-3)cc1.O=C(O)C(F)(F)F. The van der Waals surface area contributed by atoms with Gasteiger partial charge in [0.15, 0.2) is 0 Å². The largest absolute Gasteiger partial charge is 0.494 e. The Hall–Kier alpha value is -3.93. The van der Waals surface area contributed by atoms with Gasteiger partial charge in [-0.1, -0.05) is 25.5 Å². The summed E-state index contributed by atoms with van der Waals surface area (Å²) in [6.45, 7) is 5.01. The molecule has 12 heteroatoms. The molecule has 0 spiro atoms. The topological polar surface area (TPSA) is 127 Å². The Kier molecular flexibility index (Phi) is 10.4. The van der Waals surface area contributed by atoms with Gasteiger partial charge in [-0.05, 0) is 61.6 Å². The number of aromatic nitrogens is 3. The molecule has 1 aliphatic carbocycles. The molecule has 0 atom stereocenters. The lowest BCUT2D eigenvalue weighted by Gasteiger charge is -2.14. The third-order valence-corrected chi connectivity index (χ3v) is 6.04. The highest BCUT2D eigenvalue weighted by molar-refractivity contribution is 5.90. The number of nitrogens with one attached hydrogen (secondary N) is 1. The molecule has 3 N–H and O–H groups in total. The van der Waals surface area contributed by atoms with Crippen LogP contribution in [-0.2, 0) is 30.7 Å². The summed E-state index contributed by atoms with van der Waals surface area (Å²) in [6, 6.07) is 10.1. The molecular weight excluding hydrogens is 517 g/mol. The molecule has 1 aromatic carbocycles. The summed E-state index contributed by atoms with van der Waals surface area (Å²) in [6.07, 6.45) is 2.98. The Bertz CT molecular complexity index is 1260. The second-order valence-corrected chi connectivity index (χ2v) is 8.92. The van der Waals surface area contributed by atoms with Crippen LogP contribution in [0.25, 0.3) is 11.3 Å². The van der Waals surface area contributed by atoms with Crippen LogP contribution >= 0.6 is 0 Å². The average Bonchev–Trinajstić information content (AvgIpc) is 3.28. The monoisotopic (exact) mass is 548 g/mol. The number of aromatic carboxylic acids is 1. The summed E-state index contributed by atoms with van der Waals surface area (Å²) in [5.74, 6) is -2.76. The minimum Gasteiger partial charge on any atom is -0.494 e. The van der Waals surface area contributed by atoms with E-state index < -0.39 is 18.1 Å². The maximum Gasteiger partial charge on any atom is 0.490 e. The van der Waals surface area contributed by atoms with Crippen molar-refractivity contribution >= 4 is 11.9 Å². The van der Waals surface area contributed by atoms with Crippen molar-refractivity contribution in [2.24, 2.45) is 0 Å². The van der Waals surface area contributed by atoms with Gasteiger partial charge in [0, 0.05) is 36.6 Å². The first kappa shape index (κ1) is 29.6. The molecule has 0 unspecified atom stereocenters. The lowest BCUT2D eigenvalue weighted by Crippen LogP contribution is -2.21. The number of hydrogen-bond donors (Lipinski definition) is 3. The van der Waals surface area contributed by atoms with E-state index in [1.54, 1.807) is 10.9 Å². The summed E-state index contributed by atoms with van der Waals surface area (Å²) < 4.78 is 39.1. The van der Waals surface area contributed by atoms with Crippen molar-refractivity contribution in [2.45, 2.75) is 58.3 Å². The number of pyridine rings is 1. The first-order valence-electron chi connectivity index (χ1n) is 12.6. The molecule has 39 heavy (non-hydrogen) atoms. The Balaban J connectivity index is 0.000000532. The van der Waals surface area contributed by atoms with Crippen LogP contribution in [0, 0.1) is 0 Å². The van der Waals surface area contributed by atoms with Crippen molar-refractivity contribution in [3.63, 3.8) is 0 Å². The van der Waals surface area contributed by atoms with E-state index in [1.807, 2.05) is 24.4 Å². The summed E-state index contributed by atoms with van der Waals surface area (Å²) in [5.41, 5.74) is 5.28. The van der Waals surface area contributed by atoms with Gasteiger partial charge in [0.05, 0.1) is 12.3 Å². The Morgan fingerprint density at radius 2 is 1.82 bits per heavy atom. The third-order valence-electron chi connectivity index (χ3n) is 6.04. The number of hydrogen-bond acceptors (Lipinski definition) is 6. The van der Waals surface area contributed by atoms with Crippen molar-refractivity contribution in [3.8, 4) is 17.0 Å². The highest BCUT2D eigenvalue weighted by Crippen LogP contribution is 2.34. The number of benzene rings is 1. The zero-order valence-corrected chi connectivity index (χ0v) is 21.5. The van der Waals surface area contributed by atoms with E-state index in [-0.39, 0.29) is 0 Å². The summed E-state index contributed by atoms with van der Waals surface area (Å²) >= 11 is 0. The number of carboxylic acids is 2. The fourth-order valence-electron chi connectivity index (χ4n) is 4.10. The molecule has 4 rings (SSSR count). The molecule has 2 heterocycles. The van der Waals surface area contributed by atoms with E-state index >= 15 is 0 Å². The fourth-order valence-corrected chi connectivity index (χ4v) is 4.10. The lowest BCUT2D eigenvalue weighted by molar-refractivity contribution is -0.192. The first-order chi connectivity index (χ1) is 18.6. The van der Waals surface area contributed by atoms with Gasteiger partial charge in [-0.3, -0.25) is 9.67 Å². The quantitative estimate of drug-likeness (QED) is 0.294. The van der Waals surface area contributed by atoms with Crippen LogP contribution in [0.4, 0.5) is 13.2 Å². The predicted octanol–water partition coefficient (Wildman–Crippen LogP) is 4.73. The number of carbonyl (C=O) groups is 2. The summed E-state index contributed by atoms with van der Waals surface area (Å²) in [5, 5.41) is 25.0. The fraction of sp³-hybridized carbons (Fsp3) is 0.407. The normalized spacial score (nSPS) is 12.1. The molecule has 3 aromatic rings. The maximum absolute atomic E-state index is 12.0. The zero-order valence-electron chi connectivity index (χ0n) is 21.5. The Labute approximate surface area is 223 Å². The van der Waals surface area contributed by atoms with Gasteiger partial charge in [-0.15, -0.1) is 0 Å². The second-order valence-electron chi connectivity index (χ2n) is 8.92. The minimum atomic E-state index is -5.08. The third kappa shape index (κ3) is 8.28. The molecule has 0 saturated heterocycles. The van der Waals surface area contributed by atoms with Gasteiger partial charge in [0.1, 0.15) is 11.4 Å². The van der Waals surface area contributed by atoms with Gasteiger partial charge in [0.25, 0.3) is 0 Å². The van der Waals surface area contributed by atoms with E-state index in [2.05, 4.69) is 34.5 Å². The van der Waals surface area contributed by atoms with E-state index in [0.29, 0.717) is 18.7 Å². The van der Waals surface area contributed by atoms with Crippen LogP contribution in [0.1, 0.15) is 53.4 Å². The highest BCUT2D eigenvalue weighted by Gasteiger charge is 2.38. The average molecular weight is 549 g/mol. The van der Waals surface area contributed by atoms with Gasteiger partial charge >= 0.3 is 18.1 Å². The Morgan fingerprint density at radius 1 is 1.10 bits per heavy atom. The molecule has 0 aliphatic heterocycles. The number of halogens is 3. The summed E-state index contributed by atoms with van der Waals surface area (Å²) in [7, 11) is 0. The number of nitrogens with zero attached hydrogens (tertiary/aromatic N) is 3. The van der Waals surface area contributed by atoms with Crippen molar-refractivity contribution in [2.75, 3.05) is 13.2 Å². The minimum absolute atomic E-state index is 0.320. The number of unbranched alkanes of at least 4 members (excludes halogenated alkanes) is 1. The van der Waals surface area contributed by atoms with E-state index in [4.69, 9.17) is 14.6 Å². The van der Waals surface area contributed by atoms with Crippen molar-refractivity contribution in [1.29, 1.82) is 0 Å². The molecule has 1 aliphatic rings. The van der Waals surface area contributed by atoms with Crippen LogP contribution in [0.5, 0.6) is 5.75 Å². The van der Waals surface area contributed by atoms with Crippen molar-refractivity contribution in [1.82, 2.24) is 20.1 Å². The number of ether oxygens (including phenoxy) is 1. The van der Waals surface area contributed by atoms with Gasteiger partial charge in [-0.25, -0.2) is 9.59 Å². The number of rotatable bonds is 11. The van der Waals surface area contributed by atoms with Crippen LogP contribution in [0.3, 0.4) is 0 Å². The standard InChI is InChI=1S/C25H30N4O3.C2HF3O2/c1-2-3-15-32-20-8-5-18(6-9-20)16-26-12-4-14-29-24(25(30)31)22-10-7-19-17-27-13-11-21(19)23(22)28-29;3-2(4,5)1(6)7/h5-6,8-9,11,13,17,26H,2-4,7,10,12,14-16H2,1H3,(H,30,31);(H,6,7). The number of carboxylic acid groups (broad SMARTS) is 2. The number of aryl methyl sites for hydroxylation is 2. The van der Waals surface area contributed by atoms with Crippen molar-refractivity contribution in [3.05, 3.63) is 65.1 Å². The van der Waals surface area contributed by atoms with Gasteiger partial charge in [0.2, 0.25) is 0 Å². The molecule has 2 aromatic heterocycles. The maximum atomic E-state index is 12.0. The Morgan fingerprint density at radius 3 is 2.46 bits per heavy atom. The zero-order chi connectivity index (χ0) is 28.4. The molecule has 0 radical (unpaired) electrons. The molecule has 0 saturated carbocycles. The molecule has 0 amide bonds. The van der Waals surface area contributed by atoms with Crippen LogP contribution in [0.15, 0.2) is 42.7 Å². The molecular formula is C27H31F3N4O5. The highest BCUT2D eigenvalue weighted by atomic mass is 19.4. The smallest absolute Gasteiger partial charge is 0.490 e. The lowest BCUT2D eigenvalue weighted by atomic mass is 9.90. The first-order valence-corrected chi connectivity index (χ1v) is 12.6. The van der Waals surface area contributed by atoms with E-state index in [1.165, 1.54) is 5.56 Å². The molecule has 210 valence electrons. The summed E-state index contributed by atoms with van der Waals surface area (Å²) in [4.78, 5) is 25.0. The van der Waals surface area contributed by atoms with Gasteiger partial charge in [-0.2, -0.15) is 18.3 Å². The van der Waals surface area contributed by atoms with E-state index in [9.17, 15) is 23.1 Å².